The molecule has 1 atom stereocenters. The summed E-state index contributed by atoms with van der Waals surface area (Å²) in [6, 6.07) is 7.72. The summed E-state index contributed by atoms with van der Waals surface area (Å²) in [5.74, 6) is 1.59. The first kappa shape index (κ1) is 15.8. The van der Waals surface area contributed by atoms with Crippen LogP contribution >= 0.6 is 12.2 Å². The smallest absolute Gasteiger partial charge is 0.191 e. The van der Waals surface area contributed by atoms with Gasteiger partial charge in [0.25, 0.3) is 0 Å². The van der Waals surface area contributed by atoms with Gasteiger partial charge in [-0.25, -0.2) is 0 Å². The molecule has 1 saturated carbocycles. The second kappa shape index (κ2) is 7.98. The zero-order valence-corrected chi connectivity index (χ0v) is 13.5. The summed E-state index contributed by atoms with van der Waals surface area (Å²) in [5, 5.41) is 8.05. The van der Waals surface area contributed by atoms with Crippen molar-refractivity contribution in [3.8, 4) is 5.75 Å². The van der Waals surface area contributed by atoms with Crippen molar-refractivity contribution in [1.29, 1.82) is 0 Å². The number of ether oxygens (including phenoxy) is 1. The van der Waals surface area contributed by atoms with Crippen molar-refractivity contribution in [3.05, 3.63) is 24.3 Å². The number of benzene rings is 1. The van der Waals surface area contributed by atoms with E-state index in [1.54, 1.807) is 0 Å². The molecule has 1 aliphatic rings. The Labute approximate surface area is 132 Å². The first-order valence-corrected chi connectivity index (χ1v) is 7.93. The molecule has 0 heterocycles. The van der Waals surface area contributed by atoms with E-state index >= 15 is 0 Å². The molecule has 0 radical (unpaired) electrons. The molecule has 0 aromatic heterocycles. The standard InChI is InChI=1S/C16H23N3OS/c1-3-20-15-9-7-13(8-10-15)17-16(21)19-18-14-6-4-5-12(2)11-14/h7-10,12H,3-6,11H2,1-2H3,(H2,17,19,21)/b18-14+/t12-/m0/s1. The summed E-state index contributed by atoms with van der Waals surface area (Å²) < 4.78 is 5.40. The largest absolute Gasteiger partial charge is 0.494 e. The number of hydrogen-bond donors (Lipinski definition) is 2. The Morgan fingerprint density at radius 1 is 1.38 bits per heavy atom. The van der Waals surface area contributed by atoms with Gasteiger partial charge in [-0.1, -0.05) is 6.92 Å². The van der Waals surface area contributed by atoms with E-state index in [9.17, 15) is 0 Å². The third kappa shape index (κ3) is 5.34. The van der Waals surface area contributed by atoms with Gasteiger partial charge in [0.1, 0.15) is 5.75 Å². The number of hydrazone groups is 1. The van der Waals surface area contributed by atoms with Gasteiger partial charge in [-0.05, 0) is 75.0 Å². The summed E-state index contributed by atoms with van der Waals surface area (Å²) in [7, 11) is 0. The molecule has 21 heavy (non-hydrogen) atoms. The Kier molecular flexibility index (Phi) is 5.99. The summed E-state index contributed by atoms with van der Waals surface area (Å²) in [6.07, 6.45) is 4.66. The summed E-state index contributed by atoms with van der Waals surface area (Å²) in [4.78, 5) is 0. The highest BCUT2D eigenvalue weighted by Gasteiger charge is 2.13. The Balaban J connectivity index is 1.82. The molecule has 0 spiro atoms. The Morgan fingerprint density at radius 3 is 2.81 bits per heavy atom. The van der Waals surface area contributed by atoms with E-state index in [1.165, 1.54) is 18.6 Å². The van der Waals surface area contributed by atoms with E-state index in [0.29, 0.717) is 11.7 Å². The third-order valence-corrected chi connectivity index (χ3v) is 3.68. The van der Waals surface area contributed by atoms with Crippen LogP contribution in [0.5, 0.6) is 5.75 Å². The quantitative estimate of drug-likeness (QED) is 0.653. The molecule has 1 aromatic carbocycles. The van der Waals surface area contributed by atoms with Crippen molar-refractivity contribution in [2.45, 2.75) is 39.5 Å². The van der Waals surface area contributed by atoms with E-state index in [0.717, 1.165) is 30.2 Å². The van der Waals surface area contributed by atoms with Crippen LogP contribution in [-0.2, 0) is 0 Å². The Bertz CT molecular complexity index is 499. The average Bonchev–Trinajstić information content (AvgIpc) is 2.48. The summed E-state index contributed by atoms with van der Waals surface area (Å²) >= 11 is 5.26. The molecule has 4 nitrogen and oxygen atoms in total. The second-order valence-electron chi connectivity index (χ2n) is 5.40. The number of thiocarbonyl (C=S) groups is 1. The molecular weight excluding hydrogens is 282 g/mol. The molecule has 0 bridgehead atoms. The maximum Gasteiger partial charge on any atom is 0.191 e. The van der Waals surface area contributed by atoms with Gasteiger partial charge in [0.15, 0.2) is 5.11 Å². The molecule has 1 aliphatic carbocycles. The highest BCUT2D eigenvalue weighted by atomic mass is 32.1. The molecule has 2 rings (SSSR count). The molecule has 5 heteroatoms. The maximum atomic E-state index is 5.40. The van der Waals surface area contributed by atoms with E-state index in [2.05, 4.69) is 22.8 Å². The molecule has 0 unspecified atom stereocenters. The zero-order valence-electron chi connectivity index (χ0n) is 12.7. The summed E-state index contributed by atoms with van der Waals surface area (Å²) in [5.41, 5.74) is 5.08. The number of hydrogen-bond acceptors (Lipinski definition) is 3. The van der Waals surface area contributed by atoms with Gasteiger partial charge in [-0.3, -0.25) is 5.43 Å². The molecule has 1 aromatic rings. The molecule has 114 valence electrons. The van der Waals surface area contributed by atoms with Crippen LogP contribution in [0.4, 0.5) is 5.69 Å². The monoisotopic (exact) mass is 305 g/mol. The highest BCUT2D eigenvalue weighted by molar-refractivity contribution is 7.80. The Morgan fingerprint density at radius 2 is 2.14 bits per heavy atom. The second-order valence-corrected chi connectivity index (χ2v) is 5.81. The van der Waals surface area contributed by atoms with Crippen LogP contribution < -0.4 is 15.5 Å². The van der Waals surface area contributed by atoms with Crippen molar-refractivity contribution < 1.29 is 4.74 Å². The molecule has 1 fully saturated rings. The predicted molar refractivity (Wildman–Crippen MR) is 92.0 cm³/mol. The van der Waals surface area contributed by atoms with Gasteiger partial charge in [0.05, 0.1) is 6.61 Å². The van der Waals surface area contributed by atoms with Gasteiger partial charge in [0.2, 0.25) is 0 Å². The van der Waals surface area contributed by atoms with E-state index in [-0.39, 0.29) is 0 Å². The minimum atomic E-state index is 0.518. The van der Waals surface area contributed by atoms with Crippen LogP contribution in [0.15, 0.2) is 29.4 Å². The highest BCUT2D eigenvalue weighted by Crippen LogP contribution is 2.21. The van der Waals surface area contributed by atoms with Crippen molar-refractivity contribution in [2.24, 2.45) is 11.0 Å². The predicted octanol–water partition coefficient (Wildman–Crippen LogP) is 3.94. The van der Waals surface area contributed by atoms with Crippen LogP contribution in [0.25, 0.3) is 0 Å². The molecule has 2 N–H and O–H groups in total. The maximum absolute atomic E-state index is 5.40. The fourth-order valence-corrected chi connectivity index (χ4v) is 2.62. The lowest BCUT2D eigenvalue weighted by molar-refractivity contribution is 0.340. The molecular formula is C16H23N3OS. The number of nitrogens with one attached hydrogen (secondary N) is 2. The lowest BCUT2D eigenvalue weighted by Gasteiger charge is -2.19. The fraction of sp³-hybridized carbons (Fsp3) is 0.500. The molecule has 0 amide bonds. The van der Waals surface area contributed by atoms with Gasteiger partial charge in [0, 0.05) is 11.4 Å². The van der Waals surface area contributed by atoms with Crippen LogP contribution in [0.3, 0.4) is 0 Å². The minimum Gasteiger partial charge on any atom is -0.494 e. The van der Waals surface area contributed by atoms with Gasteiger partial charge < -0.3 is 10.1 Å². The van der Waals surface area contributed by atoms with E-state index in [1.807, 2.05) is 31.2 Å². The number of nitrogens with zero attached hydrogens (tertiary/aromatic N) is 1. The molecule has 0 aliphatic heterocycles. The lowest BCUT2D eigenvalue weighted by atomic mass is 9.89. The SMILES string of the molecule is CCOc1ccc(NC(=S)N/N=C2\CCC[C@H](C)C2)cc1. The van der Waals surface area contributed by atoms with Crippen molar-refractivity contribution in [1.82, 2.24) is 5.43 Å². The van der Waals surface area contributed by atoms with Crippen LogP contribution in [0, 0.1) is 5.92 Å². The van der Waals surface area contributed by atoms with Crippen molar-refractivity contribution in [3.63, 3.8) is 0 Å². The number of anilines is 1. The number of rotatable bonds is 4. The lowest BCUT2D eigenvalue weighted by Crippen LogP contribution is -2.26. The third-order valence-electron chi connectivity index (χ3n) is 3.49. The first-order valence-electron chi connectivity index (χ1n) is 7.52. The fourth-order valence-electron chi connectivity index (χ4n) is 2.45. The molecule has 0 saturated heterocycles. The minimum absolute atomic E-state index is 0.518. The van der Waals surface area contributed by atoms with Crippen LogP contribution in [0.1, 0.15) is 39.5 Å². The van der Waals surface area contributed by atoms with E-state index < -0.39 is 0 Å². The zero-order chi connectivity index (χ0) is 15.1. The van der Waals surface area contributed by atoms with Crippen molar-refractivity contribution in [2.75, 3.05) is 11.9 Å². The van der Waals surface area contributed by atoms with E-state index in [4.69, 9.17) is 17.0 Å². The summed E-state index contributed by atoms with van der Waals surface area (Å²) in [6.45, 7) is 4.91. The topological polar surface area (TPSA) is 45.6 Å². The average molecular weight is 305 g/mol. The normalized spacial score (nSPS) is 20.1. The van der Waals surface area contributed by atoms with Gasteiger partial charge in [-0.15, -0.1) is 0 Å². The first-order chi connectivity index (χ1) is 10.2. The van der Waals surface area contributed by atoms with Crippen molar-refractivity contribution >= 4 is 28.7 Å². The van der Waals surface area contributed by atoms with Crippen LogP contribution in [0.2, 0.25) is 0 Å². The Hall–Kier alpha value is -1.62. The van der Waals surface area contributed by atoms with Gasteiger partial charge >= 0.3 is 0 Å². The van der Waals surface area contributed by atoms with Crippen LogP contribution in [-0.4, -0.2) is 17.4 Å². The van der Waals surface area contributed by atoms with Gasteiger partial charge in [-0.2, -0.15) is 5.10 Å².